The Morgan fingerprint density at radius 1 is 1.22 bits per heavy atom. The molecule has 0 unspecified atom stereocenters. The van der Waals surface area contributed by atoms with E-state index in [1.54, 1.807) is 13.0 Å². The Hall–Kier alpha value is -2.81. The summed E-state index contributed by atoms with van der Waals surface area (Å²) in [4.78, 5) is 19.9. The molecule has 27 heavy (non-hydrogen) atoms. The molecule has 140 valence electrons. The molecule has 1 N–H and O–H groups in total. The molecule has 2 aromatic heterocycles. The number of halogens is 4. The molecule has 0 saturated carbocycles. The summed E-state index contributed by atoms with van der Waals surface area (Å²) in [5.74, 6) is -1.29. The maximum Gasteiger partial charge on any atom is 0.416 e. The van der Waals surface area contributed by atoms with Crippen molar-refractivity contribution in [3.63, 3.8) is 0 Å². The van der Waals surface area contributed by atoms with Crippen LogP contribution in [0.25, 0.3) is 0 Å². The minimum atomic E-state index is -4.41. The number of nitrogens with one attached hydrogen (secondary N) is 1. The molecule has 0 bridgehead atoms. The predicted molar refractivity (Wildman–Crippen MR) is 93.2 cm³/mol. The van der Waals surface area contributed by atoms with Crippen LogP contribution < -0.4 is 5.32 Å². The number of aromatic nitrogens is 2. The number of alkyl halides is 3. The zero-order valence-electron chi connectivity index (χ0n) is 14.0. The lowest BCUT2D eigenvalue weighted by Gasteiger charge is -2.07. The molecule has 1 aromatic carbocycles. The lowest BCUT2D eigenvalue weighted by atomic mass is 10.1. The number of rotatable bonds is 4. The average molecular weight is 395 g/mol. The van der Waals surface area contributed by atoms with Gasteiger partial charge < -0.3 is 5.32 Å². The van der Waals surface area contributed by atoms with Gasteiger partial charge in [0.2, 0.25) is 5.95 Å². The van der Waals surface area contributed by atoms with E-state index in [-0.39, 0.29) is 12.0 Å². The van der Waals surface area contributed by atoms with E-state index in [1.807, 2.05) is 0 Å². The number of hydrogen-bond acceptors (Lipinski definition) is 4. The van der Waals surface area contributed by atoms with E-state index in [0.29, 0.717) is 21.3 Å². The number of aryl methyl sites for hydroxylation is 1. The highest BCUT2D eigenvalue weighted by Crippen LogP contribution is 2.31. The van der Waals surface area contributed by atoms with E-state index in [9.17, 15) is 22.4 Å². The van der Waals surface area contributed by atoms with Gasteiger partial charge in [0.25, 0.3) is 5.91 Å². The summed E-state index contributed by atoms with van der Waals surface area (Å²) in [6.45, 7) is 1.68. The van der Waals surface area contributed by atoms with Crippen molar-refractivity contribution in [2.45, 2.75) is 19.5 Å². The van der Waals surface area contributed by atoms with Gasteiger partial charge in [-0.2, -0.15) is 17.6 Å². The summed E-state index contributed by atoms with van der Waals surface area (Å²) >= 11 is 1.16. The van der Waals surface area contributed by atoms with E-state index >= 15 is 0 Å². The summed E-state index contributed by atoms with van der Waals surface area (Å²) in [6.07, 6.45) is -3.02. The van der Waals surface area contributed by atoms with Crippen LogP contribution in [0, 0.1) is 12.9 Å². The zero-order valence-corrected chi connectivity index (χ0v) is 14.8. The van der Waals surface area contributed by atoms with Gasteiger partial charge in [0.05, 0.1) is 16.3 Å². The first-order valence-corrected chi connectivity index (χ1v) is 8.59. The van der Waals surface area contributed by atoms with Crippen LogP contribution in [0.3, 0.4) is 0 Å². The van der Waals surface area contributed by atoms with Crippen LogP contribution in [0.15, 0.2) is 42.6 Å². The molecule has 0 radical (unpaired) electrons. The van der Waals surface area contributed by atoms with Crippen LogP contribution in [-0.4, -0.2) is 15.9 Å². The fraction of sp³-hybridized carbons (Fsp3) is 0.167. The highest BCUT2D eigenvalue weighted by molar-refractivity contribution is 7.16. The normalized spacial score (nSPS) is 11.4. The summed E-state index contributed by atoms with van der Waals surface area (Å²) < 4.78 is 51.6. The molecule has 1 amide bonds. The monoisotopic (exact) mass is 395 g/mol. The maximum atomic E-state index is 13.1. The van der Waals surface area contributed by atoms with Crippen molar-refractivity contribution >= 4 is 22.2 Å². The van der Waals surface area contributed by atoms with Crippen LogP contribution in [0.1, 0.15) is 32.2 Å². The van der Waals surface area contributed by atoms with Crippen LogP contribution >= 0.6 is 11.3 Å². The molecule has 0 fully saturated rings. The number of anilines is 1. The number of pyridine rings is 1. The van der Waals surface area contributed by atoms with Gasteiger partial charge in [0.15, 0.2) is 0 Å². The molecule has 2 heterocycles. The number of thiazole rings is 1. The quantitative estimate of drug-likeness (QED) is 0.508. The highest BCUT2D eigenvalue weighted by atomic mass is 32.1. The standard InChI is InChI=1S/C18H13F4N3OS/c1-10-17(25-16(26)12-5-6-23-14(19)9-12)27-15(24-10)8-11-3-2-4-13(7-11)18(20,21)22/h2-7,9H,8H2,1H3,(H,25,26). The molecule has 9 heteroatoms. The maximum absolute atomic E-state index is 13.1. The molecule has 3 aromatic rings. The van der Waals surface area contributed by atoms with Crippen LogP contribution in [0.2, 0.25) is 0 Å². The van der Waals surface area contributed by atoms with Crippen molar-refractivity contribution in [2.75, 3.05) is 5.32 Å². The van der Waals surface area contributed by atoms with Crippen LogP contribution in [0.5, 0.6) is 0 Å². The van der Waals surface area contributed by atoms with Gasteiger partial charge in [-0.15, -0.1) is 11.3 Å². The first-order valence-electron chi connectivity index (χ1n) is 7.78. The third-order valence-electron chi connectivity index (χ3n) is 3.67. The predicted octanol–water partition coefficient (Wildman–Crippen LogP) is 4.85. The van der Waals surface area contributed by atoms with Crippen molar-refractivity contribution in [3.8, 4) is 0 Å². The molecule has 4 nitrogen and oxygen atoms in total. The number of hydrogen-bond donors (Lipinski definition) is 1. The summed E-state index contributed by atoms with van der Waals surface area (Å²) in [5.41, 5.74) is 0.383. The second kappa shape index (κ2) is 7.43. The number of nitrogens with zero attached hydrogens (tertiary/aromatic N) is 2. The van der Waals surface area contributed by atoms with E-state index < -0.39 is 23.6 Å². The second-order valence-corrected chi connectivity index (χ2v) is 6.80. The summed E-state index contributed by atoms with van der Waals surface area (Å²) in [5, 5.41) is 3.65. The highest BCUT2D eigenvalue weighted by Gasteiger charge is 2.30. The average Bonchev–Trinajstić information content (AvgIpc) is 2.93. The number of amides is 1. The molecular formula is C18H13F4N3OS. The van der Waals surface area contributed by atoms with Crippen LogP contribution in [-0.2, 0) is 12.6 Å². The van der Waals surface area contributed by atoms with Gasteiger partial charge >= 0.3 is 6.18 Å². The first-order chi connectivity index (χ1) is 12.7. The van der Waals surface area contributed by atoms with Crippen molar-refractivity contribution in [1.82, 2.24) is 9.97 Å². The SMILES string of the molecule is Cc1nc(Cc2cccc(C(F)(F)F)c2)sc1NC(=O)c1ccnc(F)c1. The topological polar surface area (TPSA) is 54.9 Å². The molecule has 3 rings (SSSR count). The Labute approximate surface area is 155 Å². The van der Waals surface area contributed by atoms with Gasteiger partial charge in [-0.25, -0.2) is 9.97 Å². The Balaban J connectivity index is 1.76. The van der Waals surface area contributed by atoms with Crippen molar-refractivity contribution in [3.05, 3.63) is 75.9 Å². The molecule has 0 saturated heterocycles. The lowest BCUT2D eigenvalue weighted by Crippen LogP contribution is -2.12. The lowest BCUT2D eigenvalue weighted by molar-refractivity contribution is -0.137. The Morgan fingerprint density at radius 2 is 2.00 bits per heavy atom. The van der Waals surface area contributed by atoms with Gasteiger partial charge in [-0.1, -0.05) is 18.2 Å². The minimum absolute atomic E-state index is 0.106. The fourth-order valence-corrected chi connectivity index (χ4v) is 3.39. The van der Waals surface area contributed by atoms with Gasteiger partial charge in [-0.3, -0.25) is 4.79 Å². The van der Waals surface area contributed by atoms with Crippen molar-refractivity contribution in [1.29, 1.82) is 0 Å². The first kappa shape index (κ1) is 19.0. The summed E-state index contributed by atoms with van der Waals surface area (Å²) in [7, 11) is 0. The number of carbonyl (C=O) groups excluding carboxylic acids is 1. The van der Waals surface area contributed by atoms with Crippen molar-refractivity contribution < 1.29 is 22.4 Å². The Morgan fingerprint density at radius 3 is 2.70 bits per heavy atom. The van der Waals surface area contributed by atoms with E-state index in [2.05, 4.69) is 15.3 Å². The largest absolute Gasteiger partial charge is 0.416 e. The van der Waals surface area contributed by atoms with E-state index in [4.69, 9.17) is 0 Å². The van der Waals surface area contributed by atoms with Gasteiger partial charge in [0, 0.05) is 24.2 Å². The minimum Gasteiger partial charge on any atom is -0.312 e. The smallest absolute Gasteiger partial charge is 0.312 e. The Kier molecular flexibility index (Phi) is 5.22. The van der Waals surface area contributed by atoms with E-state index in [1.165, 1.54) is 18.3 Å². The fourth-order valence-electron chi connectivity index (χ4n) is 2.40. The molecule has 0 atom stereocenters. The number of carbonyl (C=O) groups is 1. The molecule has 0 aliphatic rings. The zero-order chi connectivity index (χ0) is 19.6. The van der Waals surface area contributed by atoms with Gasteiger partial charge in [0.1, 0.15) is 5.00 Å². The third kappa shape index (κ3) is 4.68. The molecule has 0 spiro atoms. The third-order valence-corrected chi connectivity index (χ3v) is 4.74. The molecule has 0 aliphatic heterocycles. The second-order valence-electron chi connectivity index (χ2n) is 5.72. The molecule has 0 aliphatic carbocycles. The summed E-state index contributed by atoms with van der Waals surface area (Å²) in [6, 6.07) is 7.40. The van der Waals surface area contributed by atoms with Crippen molar-refractivity contribution in [2.24, 2.45) is 0 Å². The van der Waals surface area contributed by atoms with Crippen LogP contribution in [0.4, 0.5) is 22.6 Å². The molecular weight excluding hydrogens is 382 g/mol. The number of benzene rings is 1. The van der Waals surface area contributed by atoms with E-state index in [0.717, 1.165) is 29.5 Å². The Bertz CT molecular complexity index is 985. The van der Waals surface area contributed by atoms with Gasteiger partial charge in [-0.05, 0) is 24.6 Å².